The number of benzene rings is 2. The summed E-state index contributed by atoms with van der Waals surface area (Å²) in [4.78, 5) is 13.3. The van der Waals surface area contributed by atoms with Crippen LogP contribution in [-0.2, 0) is 16.7 Å². The summed E-state index contributed by atoms with van der Waals surface area (Å²) in [5.74, 6) is 0. The number of nitrogens with one attached hydrogen (secondary N) is 1. The Bertz CT molecular complexity index is 1200. The monoisotopic (exact) mass is 433 g/mol. The van der Waals surface area contributed by atoms with Gasteiger partial charge in [-0.25, -0.2) is 0 Å². The quantitative estimate of drug-likeness (QED) is 0.279. The lowest BCUT2D eigenvalue weighted by Gasteiger charge is -2.17. The number of hydrogen-bond acceptors (Lipinski definition) is 7. The fourth-order valence-corrected chi connectivity index (χ4v) is 3.37. The van der Waals surface area contributed by atoms with Crippen molar-refractivity contribution in [1.82, 2.24) is 14.7 Å². The summed E-state index contributed by atoms with van der Waals surface area (Å²) >= 11 is 0. The van der Waals surface area contributed by atoms with Crippen molar-refractivity contribution in [2.75, 3.05) is 32.2 Å². The van der Waals surface area contributed by atoms with E-state index in [9.17, 15) is 18.5 Å². The van der Waals surface area contributed by atoms with Gasteiger partial charge in [-0.05, 0) is 39.2 Å². The molecule has 2 N–H and O–H groups in total. The highest BCUT2D eigenvalue weighted by Crippen LogP contribution is 2.46. The fraction of sp³-hybridized carbons (Fsp3) is 0.316. The van der Waals surface area contributed by atoms with Gasteiger partial charge < -0.3 is 10.2 Å². The standard InChI is InChI=1S/C18H19N5O2.CH4O3S/c1-21(2)10-5-11-22-14-8-9-15(23(24)25)18-16(14)17(20-22)12-6-3-4-7-13(12)19-18;1-5(2,3)4/h3-4,6-9,19H,5,10-11H2,1-2H3;1H3,(H,2,3,4). The summed E-state index contributed by atoms with van der Waals surface area (Å²) in [6.07, 6.45) is 1.68. The molecule has 0 radical (unpaired) electrons. The maximum atomic E-state index is 11.5. The van der Waals surface area contributed by atoms with Crippen LogP contribution in [0.2, 0.25) is 0 Å². The summed E-state index contributed by atoms with van der Waals surface area (Å²) in [6, 6.07) is 11.2. The molecular weight excluding hydrogens is 410 g/mol. The predicted molar refractivity (Wildman–Crippen MR) is 116 cm³/mol. The highest BCUT2D eigenvalue weighted by molar-refractivity contribution is 7.85. The highest BCUT2D eigenvalue weighted by Gasteiger charge is 2.28. The van der Waals surface area contributed by atoms with Gasteiger partial charge in [0, 0.05) is 23.9 Å². The minimum absolute atomic E-state index is 0.0797. The predicted octanol–water partition coefficient (Wildman–Crippen LogP) is 3.12. The third kappa shape index (κ3) is 4.75. The van der Waals surface area contributed by atoms with Gasteiger partial charge in [-0.3, -0.25) is 19.3 Å². The van der Waals surface area contributed by atoms with Gasteiger partial charge in [-0.1, -0.05) is 18.2 Å². The zero-order valence-electron chi connectivity index (χ0n) is 16.9. The van der Waals surface area contributed by atoms with Crippen LogP contribution in [0.4, 0.5) is 17.1 Å². The smallest absolute Gasteiger partial charge is 0.293 e. The lowest BCUT2D eigenvalue weighted by molar-refractivity contribution is -0.383. The van der Waals surface area contributed by atoms with Crippen molar-refractivity contribution in [2.24, 2.45) is 0 Å². The highest BCUT2D eigenvalue weighted by atomic mass is 32.2. The molecule has 2 heterocycles. The Labute approximate surface area is 174 Å². The second-order valence-corrected chi connectivity index (χ2v) is 8.71. The first-order chi connectivity index (χ1) is 14.1. The fourth-order valence-electron chi connectivity index (χ4n) is 3.37. The van der Waals surface area contributed by atoms with Gasteiger partial charge in [0.2, 0.25) is 0 Å². The van der Waals surface area contributed by atoms with E-state index in [4.69, 9.17) is 9.65 Å². The third-order valence-electron chi connectivity index (χ3n) is 4.51. The van der Waals surface area contributed by atoms with E-state index in [0.29, 0.717) is 11.9 Å². The number of anilines is 2. The van der Waals surface area contributed by atoms with E-state index in [0.717, 1.165) is 47.4 Å². The van der Waals surface area contributed by atoms with Crippen molar-refractivity contribution in [3.8, 4) is 11.3 Å². The Hall–Kier alpha value is -3.02. The summed E-state index contributed by atoms with van der Waals surface area (Å²) in [7, 11) is 0.421. The number of nitro groups is 1. The minimum atomic E-state index is -3.67. The molecule has 2 aromatic carbocycles. The number of para-hydroxylation sites is 1. The second-order valence-electron chi connectivity index (χ2n) is 7.24. The Morgan fingerprint density at radius 2 is 1.90 bits per heavy atom. The van der Waals surface area contributed by atoms with Gasteiger partial charge in [0.25, 0.3) is 15.8 Å². The molecule has 10 nitrogen and oxygen atoms in total. The lowest BCUT2D eigenvalue weighted by Crippen LogP contribution is -2.15. The normalized spacial score (nSPS) is 12.2. The van der Waals surface area contributed by atoms with Gasteiger partial charge >= 0.3 is 0 Å². The molecule has 0 saturated heterocycles. The average molecular weight is 433 g/mol. The van der Waals surface area contributed by atoms with E-state index in [1.807, 2.05) is 43.0 Å². The van der Waals surface area contributed by atoms with E-state index in [-0.39, 0.29) is 10.6 Å². The largest absolute Gasteiger partial charge is 0.349 e. The van der Waals surface area contributed by atoms with Gasteiger partial charge in [-0.2, -0.15) is 13.5 Å². The number of nitrogens with zero attached hydrogens (tertiary/aromatic N) is 4. The maximum Gasteiger partial charge on any atom is 0.293 e. The minimum Gasteiger partial charge on any atom is -0.349 e. The van der Waals surface area contributed by atoms with Crippen molar-refractivity contribution in [3.05, 3.63) is 46.5 Å². The first kappa shape index (κ1) is 21.7. The van der Waals surface area contributed by atoms with Crippen molar-refractivity contribution in [1.29, 1.82) is 0 Å². The van der Waals surface area contributed by atoms with E-state index in [1.165, 1.54) is 0 Å². The van der Waals surface area contributed by atoms with Gasteiger partial charge in [0.05, 0.1) is 22.1 Å². The number of nitro benzene ring substituents is 1. The van der Waals surface area contributed by atoms with E-state index in [1.54, 1.807) is 12.1 Å². The molecule has 0 fully saturated rings. The molecule has 0 saturated carbocycles. The number of fused-ring (bicyclic) bond motifs is 2. The molecule has 1 aliphatic heterocycles. The van der Waals surface area contributed by atoms with Crippen LogP contribution in [0.15, 0.2) is 36.4 Å². The van der Waals surface area contributed by atoms with Crippen LogP contribution in [-0.4, -0.2) is 59.5 Å². The van der Waals surface area contributed by atoms with Gasteiger partial charge in [0.15, 0.2) is 0 Å². The maximum absolute atomic E-state index is 11.5. The van der Waals surface area contributed by atoms with Gasteiger partial charge in [-0.15, -0.1) is 0 Å². The van der Waals surface area contributed by atoms with Crippen LogP contribution in [0.3, 0.4) is 0 Å². The molecule has 11 heteroatoms. The molecule has 0 unspecified atom stereocenters. The van der Waals surface area contributed by atoms with Crippen LogP contribution >= 0.6 is 0 Å². The molecule has 3 aromatic rings. The van der Waals surface area contributed by atoms with Crippen molar-refractivity contribution < 1.29 is 17.9 Å². The average Bonchev–Trinajstić information content (AvgIpc) is 3.00. The van der Waals surface area contributed by atoms with Crippen molar-refractivity contribution in [3.63, 3.8) is 0 Å². The van der Waals surface area contributed by atoms with E-state index >= 15 is 0 Å². The molecule has 0 amide bonds. The van der Waals surface area contributed by atoms with Crippen LogP contribution in [0.5, 0.6) is 0 Å². The Morgan fingerprint density at radius 1 is 1.23 bits per heavy atom. The van der Waals surface area contributed by atoms with E-state index < -0.39 is 10.1 Å². The first-order valence-electron chi connectivity index (χ1n) is 9.18. The molecule has 0 atom stereocenters. The molecule has 1 aliphatic rings. The molecule has 0 spiro atoms. The SMILES string of the molecule is CN(C)CCCn1nc2c3c(c([N+](=O)[O-])ccc31)Nc1ccccc1-2.CS(=O)(=O)O. The molecule has 0 aliphatic carbocycles. The number of rotatable bonds is 5. The molecular formula is C19H23N5O5S. The lowest BCUT2D eigenvalue weighted by atomic mass is 9.99. The van der Waals surface area contributed by atoms with Gasteiger partial charge in [0.1, 0.15) is 11.4 Å². The van der Waals surface area contributed by atoms with Crippen LogP contribution < -0.4 is 5.32 Å². The first-order valence-corrected chi connectivity index (χ1v) is 11.0. The Balaban J connectivity index is 0.000000461. The third-order valence-corrected chi connectivity index (χ3v) is 4.51. The zero-order chi connectivity index (χ0) is 22.1. The number of aromatic nitrogens is 2. The van der Waals surface area contributed by atoms with Crippen LogP contribution in [0.25, 0.3) is 22.2 Å². The Kier molecular flexibility index (Phi) is 6.06. The van der Waals surface area contributed by atoms with Crippen LogP contribution in [0.1, 0.15) is 6.42 Å². The Morgan fingerprint density at radius 3 is 2.53 bits per heavy atom. The van der Waals surface area contributed by atoms with Crippen molar-refractivity contribution >= 4 is 38.1 Å². The number of aryl methyl sites for hydroxylation is 1. The number of hydrogen-bond donors (Lipinski definition) is 2. The summed E-state index contributed by atoms with van der Waals surface area (Å²) in [6.45, 7) is 1.74. The summed E-state index contributed by atoms with van der Waals surface area (Å²) < 4.78 is 27.8. The topological polar surface area (TPSA) is 131 Å². The van der Waals surface area contributed by atoms with E-state index in [2.05, 4.69) is 10.2 Å². The zero-order valence-corrected chi connectivity index (χ0v) is 17.7. The molecule has 0 bridgehead atoms. The summed E-state index contributed by atoms with van der Waals surface area (Å²) in [5, 5.41) is 20.3. The van der Waals surface area contributed by atoms with Crippen molar-refractivity contribution in [2.45, 2.75) is 13.0 Å². The molecule has 1 aromatic heterocycles. The summed E-state index contributed by atoms with van der Waals surface area (Å²) in [5.41, 5.74) is 4.19. The molecule has 4 rings (SSSR count). The van der Waals surface area contributed by atoms with Crippen LogP contribution in [0, 0.1) is 10.1 Å². The second kappa shape index (κ2) is 8.38. The molecule has 160 valence electrons. The molecule has 30 heavy (non-hydrogen) atoms.